The van der Waals surface area contributed by atoms with Crippen LogP contribution in [-0.2, 0) is 4.79 Å². The summed E-state index contributed by atoms with van der Waals surface area (Å²) in [5, 5.41) is 15.1. The van der Waals surface area contributed by atoms with E-state index in [4.69, 9.17) is 0 Å². The van der Waals surface area contributed by atoms with Crippen molar-refractivity contribution in [1.82, 2.24) is 9.88 Å². The molecule has 128 valence electrons. The van der Waals surface area contributed by atoms with E-state index in [0.29, 0.717) is 6.42 Å². The second-order valence-corrected chi connectivity index (χ2v) is 7.24. The third kappa shape index (κ3) is 3.05. The molecule has 0 bridgehead atoms. The molecule has 0 aliphatic carbocycles. The molecule has 1 aliphatic rings. The van der Waals surface area contributed by atoms with Crippen molar-refractivity contribution >= 4 is 28.2 Å². The van der Waals surface area contributed by atoms with Crippen LogP contribution < -0.4 is 0 Å². The molecule has 25 heavy (non-hydrogen) atoms. The van der Waals surface area contributed by atoms with Gasteiger partial charge >= 0.3 is 5.97 Å². The van der Waals surface area contributed by atoms with E-state index < -0.39 is 12.0 Å². The second kappa shape index (κ2) is 6.94. The molecule has 1 saturated heterocycles. The molecule has 5 heteroatoms. The summed E-state index contributed by atoms with van der Waals surface area (Å²) in [5.74, 6) is -0.724. The Labute approximate surface area is 150 Å². The van der Waals surface area contributed by atoms with E-state index in [1.807, 2.05) is 30.5 Å². The van der Waals surface area contributed by atoms with Gasteiger partial charge in [0, 0.05) is 11.6 Å². The minimum absolute atomic E-state index is 0.0550. The van der Waals surface area contributed by atoms with Crippen molar-refractivity contribution in [2.75, 3.05) is 6.54 Å². The first-order valence-electron chi connectivity index (χ1n) is 8.60. The van der Waals surface area contributed by atoms with Crippen molar-refractivity contribution in [3.05, 3.63) is 64.5 Å². The van der Waals surface area contributed by atoms with Crippen molar-refractivity contribution in [3.63, 3.8) is 0 Å². The van der Waals surface area contributed by atoms with Gasteiger partial charge in [0.05, 0.1) is 11.6 Å². The number of thiophene rings is 1. The van der Waals surface area contributed by atoms with Gasteiger partial charge in [0.1, 0.15) is 6.04 Å². The number of hydrogen-bond acceptors (Lipinski definition) is 4. The van der Waals surface area contributed by atoms with Gasteiger partial charge in [-0.1, -0.05) is 24.6 Å². The summed E-state index contributed by atoms with van der Waals surface area (Å²) in [6.07, 6.45) is 4.55. The van der Waals surface area contributed by atoms with Crippen molar-refractivity contribution < 1.29 is 9.90 Å². The number of benzene rings is 1. The first kappa shape index (κ1) is 16.2. The monoisotopic (exact) mass is 352 g/mol. The van der Waals surface area contributed by atoms with Crippen molar-refractivity contribution in [2.24, 2.45) is 0 Å². The van der Waals surface area contributed by atoms with Crippen LogP contribution in [0.3, 0.4) is 0 Å². The number of likely N-dealkylation sites (tertiary alicyclic amines) is 1. The third-order valence-corrected chi connectivity index (χ3v) is 5.70. The predicted molar refractivity (Wildman–Crippen MR) is 99.9 cm³/mol. The number of rotatable bonds is 4. The van der Waals surface area contributed by atoms with E-state index >= 15 is 0 Å². The minimum Gasteiger partial charge on any atom is -0.480 e. The van der Waals surface area contributed by atoms with Crippen LogP contribution in [0.1, 0.15) is 36.4 Å². The Kier molecular flexibility index (Phi) is 4.51. The number of hydrogen-bond donors (Lipinski definition) is 1. The predicted octanol–water partition coefficient (Wildman–Crippen LogP) is 4.32. The van der Waals surface area contributed by atoms with Crippen molar-refractivity contribution in [2.45, 2.75) is 31.3 Å². The molecule has 1 fully saturated rings. The van der Waals surface area contributed by atoms with E-state index in [9.17, 15) is 9.90 Å². The fraction of sp³-hybridized carbons (Fsp3) is 0.300. The van der Waals surface area contributed by atoms with Crippen molar-refractivity contribution in [1.29, 1.82) is 0 Å². The van der Waals surface area contributed by atoms with E-state index in [2.05, 4.69) is 32.8 Å². The van der Waals surface area contributed by atoms with Gasteiger partial charge in [-0.2, -0.15) is 11.3 Å². The average molecular weight is 352 g/mol. The van der Waals surface area contributed by atoms with Gasteiger partial charge in [0.15, 0.2) is 0 Å². The highest BCUT2D eigenvalue weighted by atomic mass is 32.1. The lowest BCUT2D eigenvalue weighted by atomic mass is 9.91. The molecule has 0 radical (unpaired) electrons. The van der Waals surface area contributed by atoms with Gasteiger partial charge in [0.25, 0.3) is 0 Å². The Hall–Kier alpha value is -2.24. The van der Waals surface area contributed by atoms with Gasteiger partial charge in [-0.3, -0.25) is 14.7 Å². The molecule has 1 aromatic carbocycles. The third-order valence-electron chi connectivity index (χ3n) is 5.00. The van der Waals surface area contributed by atoms with Crippen LogP contribution in [0, 0.1) is 0 Å². The fourth-order valence-corrected chi connectivity index (χ4v) is 4.54. The molecule has 1 aliphatic heterocycles. The Bertz CT molecular complexity index is 873. The molecule has 3 aromatic rings. The van der Waals surface area contributed by atoms with E-state index in [0.717, 1.165) is 41.4 Å². The molecule has 3 heterocycles. The Morgan fingerprint density at radius 3 is 2.92 bits per heavy atom. The SMILES string of the molecule is O=C(O)C1CCCCN1C(c1ccsc1)c1ccnc2ccccc12. The fourth-order valence-electron chi connectivity index (χ4n) is 3.86. The molecule has 0 spiro atoms. The number of carbonyl (C=O) groups is 1. The summed E-state index contributed by atoms with van der Waals surface area (Å²) in [6, 6.07) is 11.7. The molecular weight excluding hydrogens is 332 g/mol. The molecule has 0 saturated carbocycles. The molecular formula is C20H20N2O2S. The number of pyridine rings is 1. The van der Waals surface area contributed by atoms with Crippen LogP contribution >= 0.6 is 11.3 Å². The highest BCUT2D eigenvalue weighted by Crippen LogP contribution is 2.37. The van der Waals surface area contributed by atoms with Crippen LogP contribution in [0.25, 0.3) is 10.9 Å². The quantitative estimate of drug-likeness (QED) is 0.759. The van der Waals surface area contributed by atoms with Crippen LogP contribution in [0.4, 0.5) is 0 Å². The van der Waals surface area contributed by atoms with E-state index in [1.54, 1.807) is 11.3 Å². The number of aromatic nitrogens is 1. The van der Waals surface area contributed by atoms with Gasteiger partial charge < -0.3 is 5.11 Å². The number of carboxylic acid groups (broad SMARTS) is 1. The molecule has 0 amide bonds. The second-order valence-electron chi connectivity index (χ2n) is 6.46. The molecule has 4 rings (SSSR count). The summed E-state index contributed by atoms with van der Waals surface area (Å²) >= 11 is 1.65. The van der Waals surface area contributed by atoms with Gasteiger partial charge in [-0.05, 0) is 59.5 Å². The Morgan fingerprint density at radius 2 is 2.12 bits per heavy atom. The van der Waals surface area contributed by atoms with Crippen LogP contribution in [0.2, 0.25) is 0 Å². The summed E-state index contributed by atoms with van der Waals surface area (Å²) in [6.45, 7) is 0.800. The number of fused-ring (bicyclic) bond motifs is 1. The standard InChI is InChI=1S/C20H20N2O2S/c23-20(24)18-7-3-4-11-22(18)19(14-9-12-25-13-14)16-8-10-21-17-6-2-1-5-15(16)17/h1-2,5-6,8-10,12-13,18-19H,3-4,7,11H2,(H,23,24). The van der Waals surface area contributed by atoms with Crippen molar-refractivity contribution in [3.8, 4) is 0 Å². The number of piperidine rings is 1. The summed E-state index contributed by atoms with van der Waals surface area (Å²) in [5.41, 5.74) is 3.25. The first-order chi connectivity index (χ1) is 12.3. The van der Waals surface area contributed by atoms with Gasteiger partial charge in [-0.25, -0.2) is 0 Å². The van der Waals surface area contributed by atoms with Crippen LogP contribution in [-0.4, -0.2) is 33.5 Å². The molecule has 2 aromatic heterocycles. The number of para-hydroxylation sites is 1. The highest BCUT2D eigenvalue weighted by Gasteiger charge is 2.35. The number of nitrogens with zero attached hydrogens (tertiary/aromatic N) is 2. The Balaban J connectivity index is 1.88. The zero-order valence-corrected chi connectivity index (χ0v) is 14.7. The maximum atomic E-state index is 11.9. The van der Waals surface area contributed by atoms with Gasteiger partial charge in [0.2, 0.25) is 0 Å². The highest BCUT2D eigenvalue weighted by molar-refractivity contribution is 7.08. The maximum Gasteiger partial charge on any atom is 0.320 e. The molecule has 4 nitrogen and oxygen atoms in total. The lowest BCUT2D eigenvalue weighted by Crippen LogP contribution is -2.46. The smallest absolute Gasteiger partial charge is 0.320 e. The topological polar surface area (TPSA) is 53.4 Å². The van der Waals surface area contributed by atoms with E-state index in [-0.39, 0.29) is 6.04 Å². The molecule has 2 unspecified atom stereocenters. The van der Waals surface area contributed by atoms with Gasteiger partial charge in [-0.15, -0.1) is 0 Å². The number of carboxylic acids is 1. The lowest BCUT2D eigenvalue weighted by Gasteiger charge is -2.39. The average Bonchev–Trinajstić information content (AvgIpc) is 3.17. The summed E-state index contributed by atoms with van der Waals surface area (Å²) in [4.78, 5) is 18.5. The maximum absolute atomic E-state index is 11.9. The minimum atomic E-state index is -0.724. The van der Waals surface area contributed by atoms with E-state index in [1.165, 1.54) is 0 Å². The summed E-state index contributed by atoms with van der Waals surface area (Å²) in [7, 11) is 0. The molecule has 2 atom stereocenters. The normalized spacial score (nSPS) is 19.8. The molecule has 1 N–H and O–H groups in total. The largest absolute Gasteiger partial charge is 0.480 e. The van der Waals surface area contributed by atoms with Crippen LogP contribution in [0.5, 0.6) is 0 Å². The summed E-state index contributed by atoms with van der Waals surface area (Å²) < 4.78 is 0. The zero-order chi connectivity index (χ0) is 17.2. The first-order valence-corrected chi connectivity index (χ1v) is 9.54. The lowest BCUT2D eigenvalue weighted by molar-refractivity contribution is -0.145. The number of aliphatic carboxylic acids is 1. The Morgan fingerprint density at radius 1 is 1.24 bits per heavy atom. The van der Waals surface area contributed by atoms with Crippen LogP contribution in [0.15, 0.2) is 53.4 Å². The zero-order valence-electron chi connectivity index (χ0n) is 13.8.